The van der Waals surface area contributed by atoms with Gasteiger partial charge in [-0.25, -0.2) is 0 Å². The number of ether oxygens (including phenoxy) is 1. The standard InChI is InChI=1S/C7H14N2O6S/c10-5-6(7(11)12)8-16(13,14)9-1-3-15-4-2-9/h6,8,10H,1-5H2,(H,11,12). The molecule has 1 fully saturated rings. The summed E-state index contributed by atoms with van der Waals surface area (Å²) in [5.41, 5.74) is 0. The Hall–Kier alpha value is -0.740. The molecule has 94 valence electrons. The molecule has 0 aromatic carbocycles. The van der Waals surface area contributed by atoms with Crippen LogP contribution >= 0.6 is 0 Å². The van der Waals surface area contributed by atoms with Gasteiger partial charge in [-0.3, -0.25) is 4.79 Å². The van der Waals surface area contributed by atoms with Crippen LogP contribution in [0.1, 0.15) is 0 Å². The van der Waals surface area contributed by atoms with Crippen molar-refractivity contribution in [2.75, 3.05) is 32.9 Å². The maximum atomic E-state index is 11.6. The molecule has 1 aliphatic heterocycles. The lowest BCUT2D eigenvalue weighted by atomic mass is 10.3. The first-order valence-corrected chi connectivity index (χ1v) is 6.10. The van der Waals surface area contributed by atoms with Gasteiger partial charge in [0.25, 0.3) is 10.2 Å². The van der Waals surface area contributed by atoms with Gasteiger partial charge in [0.15, 0.2) is 0 Å². The number of nitrogens with zero attached hydrogens (tertiary/aromatic N) is 1. The third-order valence-corrected chi connectivity index (χ3v) is 3.71. The molecular formula is C7H14N2O6S. The number of rotatable bonds is 5. The molecule has 1 atom stereocenters. The second-order valence-corrected chi connectivity index (χ2v) is 4.91. The average Bonchev–Trinajstić information content (AvgIpc) is 2.27. The van der Waals surface area contributed by atoms with E-state index in [2.05, 4.69) is 0 Å². The van der Waals surface area contributed by atoms with Gasteiger partial charge in [-0.1, -0.05) is 0 Å². The second-order valence-electron chi connectivity index (χ2n) is 3.21. The number of hydrogen-bond acceptors (Lipinski definition) is 5. The van der Waals surface area contributed by atoms with Crippen LogP contribution in [-0.2, 0) is 19.7 Å². The van der Waals surface area contributed by atoms with E-state index < -0.39 is 28.8 Å². The molecule has 0 saturated carbocycles. The minimum Gasteiger partial charge on any atom is -0.480 e. The lowest BCUT2D eigenvalue weighted by molar-refractivity contribution is -0.139. The number of carboxylic acid groups (broad SMARTS) is 1. The zero-order chi connectivity index (χ0) is 12.2. The van der Waals surface area contributed by atoms with Gasteiger partial charge in [0.1, 0.15) is 6.04 Å². The van der Waals surface area contributed by atoms with Crippen LogP contribution in [0.15, 0.2) is 0 Å². The summed E-state index contributed by atoms with van der Waals surface area (Å²) in [4.78, 5) is 10.6. The molecule has 1 heterocycles. The first-order chi connectivity index (χ1) is 7.47. The summed E-state index contributed by atoms with van der Waals surface area (Å²) in [5.74, 6) is -1.42. The smallest absolute Gasteiger partial charge is 0.324 e. The molecule has 0 bridgehead atoms. The van der Waals surface area contributed by atoms with E-state index in [0.29, 0.717) is 0 Å². The predicted molar refractivity (Wildman–Crippen MR) is 53.0 cm³/mol. The Bertz CT molecular complexity index is 337. The summed E-state index contributed by atoms with van der Waals surface area (Å²) in [6, 6.07) is -1.52. The maximum absolute atomic E-state index is 11.6. The highest BCUT2D eigenvalue weighted by molar-refractivity contribution is 7.87. The third kappa shape index (κ3) is 3.39. The van der Waals surface area contributed by atoms with Gasteiger partial charge in [0.2, 0.25) is 0 Å². The van der Waals surface area contributed by atoms with Crippen LogP contribution in [0.25, 0.3) is 0 Å². The Kier molecular flexibility index (Phi) is 4.62. The first kappa shape index (κ1) is 13.3. The summed E-state index contributed by atoms with van der Waals surface area (Å²) < 4.78 is 31.3. The Morgan fingerprint density at radius 3 is 2.44 bits per heavy atom. The average molecular weight is 254 g/mol. The van der Waals surface area contributed by atoms with Crippen molar-refractivity contribution in [1.29, 1.82) is 0 Å². The van der Waals surface area contributed by atoms with Crippen LogP contribution in [0.5, 0.6) is 0 Å². The number of carboxylic acids is 1. The minimum absolute atomic E-state index is 0.174. The number of carbonyl (C=O) groups is 1. The highest BCUT2D eigenvalue weighted by Gasteiger charge is 2.29. The summed E-state index contributed by atoms with van der Waals surface area (Å²) in [7, 11) is -3.88. The van der Waals surface area contributed by atoms with Gasteiger partial charge in [0, 0.05) is 13.1 Å². The molecule has 0 amide bonds. The molecule has 1 unspecified atom stereocenters. The third-order valence-electron chi connectivity index (χ3n) is 2.08. The van der Waals surface area contributed by atoms with Crippen LogP contribution in [-0.4, -0.2) is 67.9 Å². The van der Waals surface area contributed by atoms with Crippen molar-refractivity contribution in [3.05, 3.63) is 0 Å². The number of morpholine rings is 1. The topological polar surface area (TPSA) is 116 Å². The van der Waals surface area contributed by atoms with E-state index in [0.717, 1.165) is 4.31 Å². The van der Waals surface area contributed by atoms with Gasteiger partial charge in [-0.2, -0.15) is 17.4 Å². The molecule has 0 aromatic rings. The fourth-order valence-corrected chi connectivity index (χ4v) is 2.52. The molecule has 1 rings (SSSR count). The van der Waals surface area contributed by atoms with Gasteiger partial charge >= 0.3 is 5.97 Å². The molecule has 16 heavy (non-hydrogen) atoms. The molecule has 8 nitrogen and oxygen atoms in total. The van der Waals surface area contributed by atoms with Crippen molar-refractivity contribution in [2.45, 2.75) is 6.04 Å². The number of aliphatic hydroxyl groups is 1. The lowest BCUT2D eigenvalue weighted by Crippen LogP contribution is -2.52. The van der Waals surface area contributed by atoms with Gasteiger partial charge in [0.05, 0.1) is 19.8 Å². The van der Waals surface area contributed by atoms with E-state index in [9.17, 15) is 13.2 Å². The maximum Gasteiger partial charge on any atom is 0.324 e. The van der Waals surface area contributed by atoms with E-state index in [1.165, 1.54) is 0 Å². The van der Waals surface area contributed by atoms with Crippen LogP contribution in [0.3, 0.4) is 0 Å². The van der Waals surface area contributed by atoms with E-state index in [-0.39, 0.29) is 26.3 Å². The van der Waals surface area contributed by atoms with Crippen molar-refractivity contribution in [2.24, 2.45) is 0 Å². The lowest BCUT2D eigenvalue weighted by Gasteiger charge is -2.27. The number of aliphatic hydroxyl groups excluding tert-OH is 1. The Balaban J connectivity index is 2.65. The van der Waals surface area contributed by atoms with Crippen molar-refractivity contribution in [1.82, 2.24) is 9.03 Å². The molecule has 0 spiro atoms. The van der Waals surface area contributed by atoms with E-state index in [1.54, 1.807) is 0 Å². The Morgan fingerprint density at radius 2 is 2.00 bits per heavy atom. The number of hydrogen-bond donors (Lipinski definition) is 3. The molecule has 0 aliphatic carbocycles. The van der Waals surface area contributed by atoms with E-state index in [1.807, 2.05) is 4.72 Å². The molecule has 1 aliphatic rings. The van der Waals surface area contributed by atoms with Gasteiger partial charge in [-0.15, -0.1) is 0 Å². The van der Waals surface area contributed by atoms with Crippen LogP contribution in [0.4, 0.5) is 0 Å². The van der Waals surface area contributed by atoms with E-state index >= 15 is 0 Å². The largest absolute Gasteiger partial charge is 0.480 e. The normalized spacial score (nSPS) is 20.6. The highest BCUT2D eigenvalue weighted by Crippen LogP contribution is 2.03. The van der Waals surface area contributed by atoms with Gasteiger partial charge in [-0.05, 0) is 0 Å². The van der Waals surface area contributed by atoms with Crippen molar-refractivity contribution < 1.29 is 28.2 Å². The molecule has 0 aromatic heterocycles. The second kappa shape index (κ2) is 5.55. The first-order valence-electron chi connectivity index (χ1n) is 4.66. The van der Waals surface area contributed by atoms with Crippen molar-refractivity contribution in [3.63, 3.8) is 0 Å². The predicted octanol–water partition coefficient (Wildman–Crippen LogP) is -2.40. The number of nitrogens with one attached hydrogen (secondary N) is 1. The van der Waals surface area contributed by atoms with Crippen molar-refractivity contribution >= 4 is 16.2 Å². The van der Waals surface area contributed by atoms with E-state index in [4.69, 9.17) is 14.9 Å². The fourth-order valence-electron chi connectivity index (χ4n) is 1.21. The minimum atomic E-state index is -3.88. The fraction of sp³-hybridized carbons (Fsp3) is 0.857. The molecule has 3 N–H and O–H groups in total. The summed E-state index contributed by atoms with van der Waals surface area (Å²) in [6.45, 7) is 0.106. The summed E-state index contributed by atoms with van der Waals surface area (Å²) in [6.07, 6.45) is 0. The van der Waals surface area contributed by atoms with Crippen molar-refractivity contribution in [3.8, 4) is 0 Å². The Labute approximate surface area is 93.0 Å². The molecule has 9 heteroatoms. The van der Waals surface area contributed by atoms with Crippen LogP contribution in [0, 0.1) is 0 Å². The highest BCUT2D eigenvalue weighted by atomic mass is 32.2. The van der Waals surface area contributed by atoms with Crippen LogP contribution < -0.4 is 4.72 Å². The molecule has 0 radical (unpaired) electrons. The summed E-state index contributed by atoms with van der Waals surface area (Å²) in [5, 5.41) is 17.3. The zero-order valence-electron chi connectivity index (χ0n) is 8.50. The Morgan fingerprint density at radius 1 is 1.44 bits per heavy atom. The monoisotopic (exact) mass is 254 g/mol. The van der Waals surface area contributed by atoms with Gasteiger partial charge < -0.3 is 14.9 Å². The molecule has 1 saturated heterocycles. The molecular weight excluding hydrogens is 240 g/mol. The SMILES string of the molecule is O=C(O)C(CO)NS(=O)(=O)N1CCOCC1. The van der Waals surface area contributed by atoms with Crippen LogP contribution in [0.2, 0.25) is 0 Å². The number of aliphatic carboxylic acids is 1. The zero-order valence-corrected chi connectivity index (χ0v) is 9.31. The quantitative estimate of drug-likeness (QED) is 0.503. The summed E-state index contributed by atoms with van der Waals surface area (Å²) >= 11 is 0.